The lowest BCUT2D eigenvalue weighted by Gasteiger charge is -2.20. The van der Waals surface area contributed by atoms with Crippen LogP contribution in [0.15, 0.2) is 54.6 Å². The normalized spacial score (nSPS) is 14.8. The molecular formula is C16H12N2O4. The molecule has 0 saturated heterocycles. The number of rotatable bonds is 4. The summed E-state index contributed by atoms with van der Waals surface area (Å²) in [5, 5.41) is 0.590. The molecule has 2 aromatic rings. The molecule has 0 aromatic heterocycles. The fourth-order valence-corrected chi connectivity index (χ4v) is 2.27. The van der Waals surface area contributed by atoms with Crippen molar-refractivity contribution in [2.75, 3.05) is 0 Å². The quantitative estimate of drug-likeness (QED) is 0.864. The molecule has 3 amide bonds. The van der Waals surface area contributed by atoms with Crippen LogP contribution in [-0.4, -0.2) is 22.8 Å². The van der Waals surface area contributed by atoms with Crippen LogP contribution in [0.2, 0.25) is 0 Å². The molecule has 1 atom stereocenters. The smallest absolute Gasteiger partial charge is 0.285 e. The van der Waals surface area contributed by atoms with Crippen molar-refractivity contribution in [3.05, 3.63) is 71.3 Å². The Kier molecular flexibility index (Phi) is 3.44. The highest BCUT2D eigenvalue weighted by Gasteiger charge is 2.39. The lowest BCUT2D eigenvalue weighted by atomic mass is 10.1. The first-order valence-electron chi connectivity index (χ1n) is 6.58. The first-order valence-corrected chi connectivity index (χ1v) is 6.58. The molecule has 1 aliphatic heterocycles. The highest BCUT2D eigenvalue weighted by Crippen LogP contribution is 2.27. The van der Waals surface area contributed by atoms with Crippen LogP contribution in [0.3, 0.4) is 0 Å². The van der Waals surface area contributed by atoms with Gasteiger partial charge in [0, 0.05) is 0 Å². The zero-order valence-corrected chi connectivity index (χ0v) is 11.4. The number of nitrogens with two attached hydrogens (primary N) is 1. The summed E-state index contributed by atoms with van der Waals surface area (Å²) in [6, 6.07) is 14.8. The summed E-state index contributed by atoms with van der Waals surface area (Å²) in [6.45, 7) is 0. The fraction of sp³-hybridized carbons (Fsp3) is 0.0625. The zero-order chi connectivity index (χ0) is 15.7. The van der Waals surface area contributed by atoms with E-state index in [0.717, 1.165) is 0 Å². The topological polar surface area (TPSA) is 89.7 Å². The van der Waals surface area contributed by atoms with E-state index in [4.69, 9.17) is 10.6 Å². The van der Waals surface area contributed by atoms with Gasteiger partial charge < -0.3 is 5.73 Å². The van der Waals surface area contributed by atoms with Crippen LogP contribution in [0, 0.1) is 0 Å². The van der Waals surface area contributed by atoms with Crippen LogP contribution in [-0.2, 0) is 9.63 Å². The van der Waals surface area contributed by atoms with Gasteiger partial charge in [0.05, 0.1) is 11.1 Å². The van der Waals surface area contributed by atoms with Gasteiger partial charge in [-0.25, -0.2) is 4.84 Å². The average molecular weight is 296 g/mol. The molecule has 0 fully saturated rings. The van der Waals surface area contributed by atoms with E-state index in [0.29, 0.717) is 10.6 Å². The third-order valence-electron chi connectivity index (χ3n) is 3.33. The number of hydrogen-bond acceptors (Lipinski definition) is 4. The molecule has 0 radical (unpaired) electrons. The van der Waals surface area contributed by atoms with Crippen LogP contribution in [0.25, 0.3) is 0 Å². The van der Waals surface area contributed by atoms with Crippen molar-refractivity contribution in [1.29, 1.82) is 0 Å². The number of carbonyl (C=O) groups is 3. The minimum absolute atomic E-state index is 0.240. The van der Waals surface area contributed by atoms with Gasteiger partial charge in [0.2, 0.25) is 0 Å². The van der Waals surface area contributed by atoms with Crippen molar-refractivity contribution in [2.45, 2.75) is 6.10 Å². The maximum atomic E-state index is 12.2. The standard InChI is InChI=1S/C16H12N2O4/c17-14(19)13(10-6-2-1-3-7-10)22-18-15(20)11-8-4-5-9-12(11)16(18)21/h1-9,13H,(H2,17,19). The van der Waals surface area contributed by atoms with Crippen molar-refractivity contribution in [3.8, 4) is 0 Å². The number of amides is 3. The second kappa shape index (κ2) is 5.42. The maximum Gasteiger partial charge on any atom is 0.285 e. The van der Waals surface area contributed by atoms with Gasteiger partial charge in [-0.05, 0) is 17.7 Å². The molecule has 6 heteroatoms. The molecule has 2 N–H and O–H groups in total. The number of nitrogens with zero attached hydrogens (tertiary/aromatic N) is 1. The molecule has 1 heterocycles. The Morgan fingerprint density at radius 3 is 1.91 bits per heavy atom. The van der Waals surface area contributed by atoms with Crippen LogP contribution in [0.4, 0.5) is 0 Å². The molecule has 0 bridgehead atoms. The second-order valence-electron chi connectivity index (χ2n) is 4.75. The van der Waals surface area contributed by atoms with E-state index in [1.807, 2.05) is 0 Å². The summed E-state index contributed by atoms with van der Waals surface area (Å²) in [7, 11) is 0. The number of primary amides is 1. The molecule has 0 aliphatic carbocycles. The Balaban J connectivity index is 1.91. The van der Waals surface area contributed by atoms with E-state index in [1.54, 1.807) is 42.5 Å². The highest BCUT2D eigenvalue weighted by molar-refractivity contribution is 6.20. The molecule has 6 nitrogen and oxygen atoms in total. The van der Waals surface area contributed by atoms with E-state index < -0.39 is 23.8 Å². The van der Waals surface area contributed by atoms with Gasteiger partial charge in [0.15, 0.2) is 6.10 Å². The van der Waals surface area contributed by atoms with Crippen LogP contribution in [0.1, 0.15) is 32.4 Å². The minimum atomic E-state index is -1.22. The number of carbonyl (C=O) groups excluding carboxylic acids is 3. The van der Waals surface area contributed by atoms with Gasteiger partial charge in [-0.1, -0.05) is 42.5 Å². The molecule has 0 spiro atoms. The van der Waals surface area contributed by atoms with Crippen molar-refractivity contribution in [2.24, 2.45) is 5.73 Å². The molecule has 22 heavy (non-hydrogen) atoms. The van der Waals surface area contributed by atoms with E-state index in [-0.39, 0.29) is 11.1 Å². The summed E-state index contributed by atoms with van der Waals surface area (Å²) in [5.41, 5.74) is 6.27. The van der Waals surface area contributed by atoms with Crippen molar-refractivity contribution < 1.29 is 19.2 Å². The van der Waals surface area contributed by atoms with Gasteiger partial charge in [-0.3, -0.25) is 14.4 Å². The van der Waals surface area contributed by atoms with Crippen molar-refractivity contribution >= 4 is 17.7 Å². The second-order valence-corrected chi connectivity index (χ2v) is 4.75. The zero-order valence-electron chi connectivity index (χ0n) is 11.4. The summed E-state index contributed by atoms with van der Waals surface area (Å²) in [6.07, 6.45) is -1.22. The Labute approximate surface area is 126 Å². The van der Waals surface area contributed by atoms with E-state index in [9.17, 15) is 14.4 Å². The minimum Gasteiger partial charge on any atom is -0.367 e. The molecule has 1 unspecified atom stereocenters. The van der Waals surface area contributed by atoms with Crippen LogP contribution < -0.4 is 5.73 Å². The number of hydroxylamine groups is 2. The number of imide groups is 1. The highest BCUT2D eigenvalue weighted by atomic mass is 16.7. The van der Waals surface area contributed by atoms with E-state index in [1.165, 1.54) is 12.1 Å². The van der Waals surface area contributed by atoms with E-state index in [2.05, 4.69) is 0 Å². The molecule has 2 aromatic carbocycles. The first-order chi connectivity index (χ1) is 10.6. The molecule has 3 rings (SSSR count). The summed E-state index contributed by atoms with van der Waals surface area (Å²) >= 11 is 0. The lowest BCUT2D eigenvalue weighted by molar-refractivity contribution is -0.158. The Morgan fingerprint density at radius 2 is 1.41 bits per heavy atom. The number of hydrogen-bond donors (Lipinski definition) is 1. The summed E-state index contributed by atoms with van der Waals surface area (Å²) in [5.74, 6) is -2.01. The summed E-state index contributed by atoms with van der Waals surface area (Å²) < 4.78 is 0. The molecule has 110 valence electrons. The predicted molar refractivity (Wildman–Crippen MR) is 76.4 cm³/mol. The predicted octanol–water partition coefficient (Wildman–Crippen LogP) is 1.44. The van der Waals surface area contributed by atoms with Gasteiger partial charge in [0.1, 0.15) is 0 Å². The van der Waals surface area contributed by atoms with Crippen molar-refractivity contribution in [3.63, 3.8) is 0 Å². The van der Waals surface area contributed by atoms with Crippen molar-refractivity contribution in [1.82, 2.24) is 5.06 Å². The maximum absolute atomic E-state index is 12.2. The SMILES string of the molecule is NC(=O)C(ON1C(=O)c2ccccc2C1=O)c1ccccc1. The Bertz CT molecular complexity index is 723. The number of benzene rings is 2. The Hall–Kier alpha value is -2.99. The van der Waals surface area contributed by atoms with Gasteiger partial charge in [-0.2, -0.15) is 0 Å². The van der Waals surface area contributed by atoms with Gasteiger partial charge in [0.25, 0.3) is 17.7 Å². The monoisotopic (exact) mass is 296 g/mol. The largest absolute Gasteiger partial charge is 0.367 e. The van der Waals surface area contributed by atoms with E-state index >= 15 is 0 Å². The van der Waals surface area contributed by atoms with Crippen LogP contribution >= 0.6 is 0 Å². The van der Waals surface area contributed by atoms with Crippen LogP contribution in [0.5, 0.6) is 0 Å². The van der Waals surface area contributed by atoms with Gasteiger partial charge in [-0.15, -0.1) is 5.06 Å². The summed E-state index contributed by atoms with van der Waals surface area (Å²) in [4.78, 5) is 41.4. The first kappa shape index (κ1) is 14.0. The average Bonchev–Trinajstić information content (AvgIpc) is 2.78. The molecular weight excluding hydrogens is 284 g/mol. The number of fused-ring (bicyclic) bond motifs is 1. The molecule has 0 saturated carbocycles. The third kappa shape index (κ3) is 2.25. The Morgan fingerprint density at radius 1 is 0.909 bits per heavy atom. The third-order valence-corrected chi connectivity index (χ3v) is 3.33. The fourth-order valence-electron chi connectivity index (χ4n) is 2.27. The molecule has 1 aliphatic rings. The lowest BCUT2D eigenvalue weighted by Crippen LogP contribution is -2.36. The van der Waals surface area contributed by atoms with Gasteiger partial charge >= 0.3 is 0 Å².